The van der Waals surface area contributed by atoms with E-state index in [1.54, 1.807) is 0 Å². The lowest BCUT2D eigenvalue weighted by Crippen LogP contribution is -2.19. The number of hydrogen-bond donors (Lipinski definition) is 1. The predicted octanol–water partition coefficient (Wildman–Crippen LogP) is 1.90. The minimum atomic E-state index is -0.560. The first-order valence-electron chi connectivity index (χ1n) is 5.53. The van der Waals surface area contributed by atoms with Gasteiger partial charge in [0.05, 0.1) is 17.7 Å². The number of carbonyl (C=O) groups is 2. The second kappa shape index (κ2) is 5.71. The summed E-state index contributed by atoms with van der Waals surface area (Å²) in [6.45, 7) is 1.94. The molecule has 1 saturated heterocycles. The van der Waals surface area contributed by atoms with E-state index in [0.29, 0.717) is 5.17 Å². The van der Waals surface area contributed by atoms with E-state index in [2.05, 4.69) is 15.0 Å². The van der Waals surface area contributed by atoms with Gasteiger partial charge in [-0.2, -0.15) is 0 Å². The number of carbonyl (C=O) groups excluding carboxylic acids is 2. The maximum Gasteiger partial charge on any atom is 0.331 e. The molecule has 0 unspecified atom stereocenters. The minimum Gasteiger partial charge on any atom is -0.466 e. The van der Waals surface area contributed by atoms with Crippen LogP contribution in [0.25, 0.3) is 0 Å². The maximum atomic E-state index is 11.6. The number of amidine groups is 1. The molecule has 1 amide bonds. The molecule has 0 saturated carbocycles. The van der Waals surface area contributed by atoms with Crippen LogP contribution in [0.1, 0.15) is 5.56 Å². The lowest BCUT2D eigenvalue weighted by Gasteiger charge is -1.99. The van der Waals surface area contributed by atoms with Gasteiger partial charge in [-0.05, 0) is 30.3 Å². The molecule has 1 aliphatic rings. The summed E-state index contributed by atoms with van der Waals surface area (Å²) in [5.41, 5.74) is 1.79. The molecule has 1 aromatic carbocycles. The van der Waals surface area contributed by atoms with E-state index in [1.165, 1.54) is 7.11 Å². The van der Waals surface area contributed by atoms with Crippen LogP contribution in [0.4, 0.5) is 5.69 Å². The van der Waals surface area contributed by atoms with Crippen LogP contribution in [-0.4, -0.2) is 24.2 Å². The molecular formula is C13H12N2O3S. The molecule has 0 atom stereocenters. The molecule has 19 heavy (non-hydrogen) atoms. The molecular weight excluding hydrogens is 264 g/mol. The van der Waals surface area contributed by atoms with Gasteiger partial charge in [-0.25, -0.2) is 9.79 Å². The number of esters is 1. The number of aryl methyl sites for hydroxylation is 1. The van der Waals surface area contributed by atoms with Gasteiger partial charge in [0.1, 0.15) is 0 Å². The van der Waals surface area contributed by atoms with Gasteiger partial charge in [0.15, 0.2) is 5.17 Å². The van der Waals surface area contributed by atoms with E-state index in [9.17, 15) is 9.59 Å². The Hall–Kier alpha value is -2.08. The first-order valence-corrected chi connectivity index (χ1v) is 6.35. The van der Waals surface area contributed by atoms with Crippen LogP contribution in [0, 0.1) is 6.92 Å². The molecule has 5 nitrogen and oxygen atoms in total. The number of nitrogens with one attached hydrogen (secondary N) is 1. The SMILES string of the molecule is COC(=O)/C=C1/SC(=Nc2ccccc2C)NC1=O. The van der Waals surface area contributed by atoms with Gasteiger partial charge in [-0.1, -0.05) is 18.2 Å². The number of amides is 1. The first kappa shape index (κ1) is 13.4. The second-order valence-electron chi connectivity index (χ2n) is 3.79. The summed E-state index contributed by atoms with van der Waals surface area (Å²) in [5, 5.41) is 3.06. The number of ether oxygens (including phenoxy) is 1. The summed E-state index contributed by atoms with van der Waals surface area (Å²) in [5.74, 6) is -0.905. The van der Waals surface area contributed by atoms with Crippen LogP contribution >= 0.6 is 11.8 Å². The van der Waals surface area contributed by atoms with E-state index in [4.69, 9.17) is 0 Å². The fourth-order valence-electron chi connectivity index (χ4n) is 1.44. The number of hydrogen-bond acceptors (Lipinski definition) is 5. The Morgan fingerprint density at radius 1 is 1.42 bits per heavy atom. The largest absolute Gasteiger partial charge is 0.466 e. The van der Waals surface area contributed by atoms with Crippen molar-refractivity contribution < 1.29 is 14.3 Å². The molecule has 98 valence electrons. The van der Waals surface area contributed by atoms with Crippen LogP contribution in [0.15, 0.2) is 40.2 Å². The lowest BCUT2D eigenvalue weighted by molar-refractivity contribution is -0.135. The number of methoxy groups -OCH3 is 1. The smallest absolute Gasteiger partial charge is 0.331 e. The Kier molecular flexibility index (Phi) is 4.01. The molecule has 0 spiro atoms. The highest BCUT2D eigenvalue weighted by molar-refractivity contribution is 8.18. The highest BCUT2D eigenvalue weighted by Crippen LogP contribution is 2.27. The summed E-state index contributed by atoms with van der Waals surface area (Å²) in [4.78, 5) is 27.3. The van der Waals surface area contributed by atoms with Crippen LogP contribution in [-0.2, 0) is 14.3 Å². The van der Waals surface area contributed by atoms with Gasteiger partial charge in [0.25, 0.3) is 5.91 Å². The highest BCUT2D eigenvalue weighted by atomic mass is 32.2. The molecule has 1 N–H and O–H groups in total. The number of nitrogens with zero attached hydrogens (tertiary/aromatic N) is 1. The molecule has 2 rings (SSSR count). The summed E-state index contributed by atoms with van der Waals surface area (Å²) in [6.07, 6.45) is 1.15. The summed E-state index contributed by atoms with van der Waals surface area (Å²) >= 11 is 1.12. The average molecular weight is 276 g/mol. The van der Waals surface area contributed by atoms with Crippen molar-refractivity contribution in [2.75, 3.05) is 7.11 Å². The van der Waals surface area contributed by atoms with Crippen molar-refractivity contribution in [2.24, 2.45) is 4.99 Å². The molecule has 0 aromatic heterocycles. The second-order valence-corrected chi connectivity index (χ2v) is 4.82. The van der Waals surface area contributed by atoms with E-state index in [-0.39, 0.29) is 10.8 Å². The van der Waals surface area contributed by atoms with Gasteiger partial charge in [0.2, 0.25) is 0 Å². The highest BCUT2D eigenvalue weighted by Gasteiger charge is 2.25. The van der Waals surface area contributed by atoms with E-state index in [1.807, 2.05) is 31.2 Å². The number of para-hydroxylation sites is 1. The van der Waals surface area contributed by atoms with E-state index in [0.717, 1.165) is 29.1 Å². The van der Waals surface area contributed by atoms with Crippen LogP contribution in [0.3, 0.4) is 0 Å². The number of thioether (sulfide) groups is 1. The zero-order valence-corrected chi connectivity index (χ0v) is 11.3. The van der Waals surface area contributed by atoms with Crippen molar-refractivity contribution in [3.05, 3.63) is 40.8 Å². The number of benzene rings is 1. The van der Waals surface area contributed by atoms with Crippen molar-refractivity contribution in [1.29, 1.82) is 0 Å². The zero-order chi connectivity index (χ0) is 13.8. The Bertz CT molecular complexity index is 593. The number of rotatable bonds is 2. The van der Waals surface area contributed by atoms with Crippen molar-refractivity contribution >= 4 is 34.5 Å². The third-order valence-corrected chi connectivity index (χ3v) is 3.35. The molecule has 6 heteroatoms. The fourth-order valence-corrected chi connectivity index (χ4v) is 2.24. The van der Waals surface area contributed by atoms with Crippen molar-refractivity contribution in [3.63, 3.8) is 0 Å². The average Bonchev–Trinajstić information content (AvgIpc) is 2.72. The molecule has 1 heterocycles. The summed E-state index contributed by atoms with van der Waals surface area (Å²) in [6, 6.07) is 7.59. The van der Waals surface area contributed by atoms with E-state index >= 15 is 0 Å². The normalized spacial score (nSPS) is 18.7. The van der Waals surface area contributed by atoms with Crippen molar-refractivity contribution in [1.82, 2.24) is 5.32 Å². The molecule has 0 bridgehead atoms. The molecule has 1 aliphatic heterocycles. The van der Waals surface area contributed by atoms with Gasteiger partial charge < -0.3 is 10.1 Å². The van der Waals surface area contributed by atoms with Crippen molar-refractivity contribution in [2.45, 2.75) is 6.92 Å². The zero-order valence-electron chi connectivity index (χ0n) is 10.5. The molecule has 0 aliphatic carbocycles. The topological polar surface area (TPSA) is 67.8 Å². The summed E-state index contributed by atoms with van der Waals surface area (Å²) in [7, 11) is 1.26. The minimum absolute atomic E-state index is 0.277. The Morgan fingerprint density at radius 2 is 2.16 bits per heavy atom. The van der Waals surface area contributed by atoms with Crippen LogP contribution < -0.4 is 5.32 Å². The third kappa shape index (κ3) is 3.23. The quantitative estimate of drug-likeness (QED) is 0.661. The van der Waals surface area contributed by atoms with E-state index < -0.39 is 5.97 Å². The van der Waals surface area contributed by atoms with Gasteiger partial charge in [0, 0.05) is 6.08 Å². The Balaban J connectivity index is 2.22. The van der Waals surface area contributed by atoms with Gasteiger partial charge >= 0.3 is 5.97 Å². The summed E-state index contributed by atoms with van der Waals surface area (Å²) < 4.78 is 4.48. The van der Waals surface area contributed by atoms with Gasteiger partial charge in [-0.3, -0.25) is 4.79 Å². The standard InChI is InChI=1S/C13H12N2O3S/c1-8-5-3-4-6-9(8)14-13-15-12(17)10(19-13)7-11(16)18-2/h3-7H,1-2H3,(H,14,15,17)/b10-7+. The first-order chi connectivity index (χ1) is 9.10. The van der Waals surface area contributed by atoms with Gasteiger partial charge in [-0.15, -0.1) is 0 Å². The number of aliphatic imine (C=N–C) groups is 1. The lowest BCUT2D eigenvalue weighted by atomic mass is 10.2. The maximum absolute atomic E-state index is 11.6. The monoisotopic (exact) mass is 276 g/mol. The van der Waals surface area contributed by atoms with Crippen molar-refractivity contribution in [3.8, 4) is 0 Å². The fraction of sp³-hybridized carbons (Fsp3) is 0.154. The third-order valence-electron chi connectivity index (χ3n) is 2.44. The van der Waals surface area contributed by atoms with Crippen LogP contribution in [0.5, 0.6) is 0 Å². The van der Waals surface area contributed by atoms with Crippen LogP contribution in [0.2, 0.25) is 0 Å². The predicted molar refractivity (Wildman–Crippen MR) is 74.1 cm³/mol. The molecule has 1 aromatic rings. The Labute approximate surface area is 114 Å². The molecule has 1 fully saturated rings. The Morgan fingerprint density at radius 3 is 2.84 bits per heavy atom. The molecule has 0 radical (unpaired) electrons.